The van der Waals surface area contributed by atoms with Crippen LogP contribution in [0.3, 0.4) is 0 Å². The molecule has 1 unspecified atom stereocenters. The number of hydrogen-bond acceptors (Lipinski definition) is 3. The molecule has 1 amide bonds. The van der Waals surface area contributed by atoms with Gasteiger partial charge in [0.25, 0.3) is 0 Å². The van der Waals surface area contributed by atoms with Crippen molar-refractivity contribution in [2.75, 3.05) is 18.6 Å². The number of carbonyl (C=O) groups is 1. The predicted molar refractivity (Wildman–Crippen MR) is 94.1 cm³/mol. The van der Waals surface area contributed by atoms with Gasteiger partial charge in [0.05, 0.1) is 16.9 Å². The summed E-state index contributed by atoms with van der Waals surface area (Å²) in [7, 11) is -1.22. The number of halogens is 1. The molecule has 1 aliphatic heterocycles. The van der Waals surface area contributed by atoms with Crippen molar-refractivity contribution in [2.45, 2.75) is 43.6 Å². The molecule has 1 aromatic rings. The highest BCUT2D eigenvalue weighted by Gasteiger charge is 2.46. The number of amides is 1. The van der Waals surface area contributed by atoms with Gasteiger partial charge in [0.15, 0.2) is 9.84 Å². The molecule has 2 fully saturated rings. The first kappa shape index (κ1) is 17.0. The maximum Gasteiger partial charge on any atom is 0.233 e. The van der Waals surface area contributed by atoms with Crippen LogP contribution in [0.15, 0.2) is 28.7 Å². The molecule has 4 nitrogen and oxygen atoms in total. The Labute approximate surface area is 146 Å². The van der Waals surface area contributed by atoms with Crippen LogP contribution < -0.4 is 0 Å². The van der Waals surface area contributed by atoms with E-state index in [1.807, 2.05) is 24.3 Å². The maximum absolute atomic E-state index is 13.3. The molecule has 0 spiro atoms. The van der Waals surface area contributed by atoms with Crippen LogP contribution in [0.25, 0.3) is 0 Å². The second-order valence-corrected chi connectivity index (χ2v) is 9.91. The number of likely N-dealkylation sites (N-methyl/N-ethyl adjacent to an activating group) is 1. The Balaban J connectivity index is 1.89. The summed E-state index contributed by atoms with van der Waals surface area (Å²) in [5, 5.41) is 0. The highest BCUT2D eigenvalue weighted by Crippen LogP contribution is 2.43. The Hall–Kier alpha value is -0.880. The molecule has 126 valence electrons. The van der Waals surface area contributed by atoms with Crippen molar-refractivity contribution in [1.82, 2.24) is 4.90 Å². The Kier molecular flexibility index (Phi) is 4.58. The normalized spacial score (nSPS) is 25.4. The molecule has 1 saturated heterocycles. The number of hydrogen-bond donors (Lipinski definition) is 0. The Morgan fingerprint density at radius 1 is 1.22 bits per heavy atom. The molecule has 1 aromatic carbocycles. The molecule has 0 aromatic heterocycles. The molecule has 1 aliphatic carbocycles. The third-order valence-corrected chi connectivity index (χ3v) is 7.62. The van der Waals surface area contributed by atoms with Gasteiger partial charge in [-0.25, -0.2) is 8.42 Å². The largest absolute Gasteiger partial charge is 0.341 e. The average Bonchev–Trinajstić information content (AvgIpc) is 3.14. The van der Waals surface area contributed by atoms with E-state index in [0.717, 1.165) is 35.7 Å². The molecule has 1 saturated carbocycles. The predicted octanol–water partition coefficient (Wildman–Crippen LogP) is 2.91. The lowest BCUT2D eigenvalue weighted by Gasteiger charge is -2.35. The second-order valence-electron chi connectivity index (χ2n) is 6.77. The average molecular weight is 400 g/mol. The number of carbonyl (C=O) groups excluding carboxylic acids is 1. The molecule has 2 aliphatic rings. The first-order chi connectivity index (χ1) is 10.8. The molecule has 0 radical (unpaired) electrons. The first-order valence-corrected chi connectivity index (χ1v) is 10.7. The lowest BCUT2D eigenvalue weighted by atomic mass is 9.77. The highest BCUT2D eigenvalue weighted by atomic mass is 79.9. The van der Waals surface area contributed by atoms with Gasteiger partial charge in [0.2, 0.25) is 5.91 Å². The number of benzene rings is 1. The molecular formula is C17H22BrNO3S. The summed E-state index contributed by atoms with van der Waals surface area (Å²) in [6.07, 6.45) is 4.33. The van der Waals surface area contributed by atoms with E-state index in [9.17, 15) is 13.2 Å². The van der Waals surface area contributed by atoms with E-state index in [0.29, 0.717) is 6.42 Å². The maximum atomic E-state index is 13.3. The Morgan fingerprint density at radius 2 is 1.83 bits per heavy atom. The summed E-state index contributed by atoms with van der Waals surface area (Å²) in [4.78, 5) is 15.0. The minimum atomic E-state index is -2.99. The fourth-order valence-corrected chi connectivity index (χ4v) is 6.00. The standard InChI is InChI=1S/C17H22BrNO3S/c1-19(15-8-11-23(21,22)12-15)16(20)17(9-2-3-10-17)13-4-6-14(18)7-5-13/h4-7,15H,2-3,8-12H2,1H3. The Morgan fingerprint density at radius 3 is 2.35 bits per heavy atom. The fraction of sp³-hybridized carbons (Fsp3) is 0.588. The van der Waals surface area contributed by atoms with Crippen LogP contribution in [0, 0.1) is 0 Å². The molecule has 3 rings (SSSR count). The lowest BCUT2D eigenvalue weighted by molar-refractivity contribution is -0.137. The van der Waals surface area contributed by atoms with E-state index >= 15 is 0 Å². The van der Waals surface area contributed by atoms with E-state index in [4.69, 9.17) is 0 Å². The molecule has 6 heteroatoms. The van der Waals surface area contributed by atoms with Crippen LogP contribution in [0.2, 0.25) is 0 Å². The van der Waals surface area contributed by atoms with Crippen LogP contribution in [0.1, 0.15) is 37.7 Å². The molecule has 0 N–H and O–H groups in total. The van der Waals surface area contributed by atoms with Crippen molar-refractivity contribution in [1.29, 1.82) is 0 Å². The quantitative estimate of drug-likeness (QED) is 0.784. The van der Waals surface area contributed by atoms with E-state index in [2.05, 4.69) is 15.9 Å². The summed E-state index contributed by atoms with van der Waals surface area (Å²) in [5.74, 6) is 0.381. The van der Waals surface area contributed by atoms with Crippen LogP contribution in [-0.4, -0.2) is 43.8 Å². The van der Waals surface area contributed by atoms with Crippen molar-refractivity contribution >= 4 is 31.7 Å². The van der Waals surface area contributed by atoms with E-state index in [1.54, 1.807) is 11.9 Å². The van der Waals surface area contributed by atoms with Crippen molar-refractivity contribution in [3.8, 4) is 0 Å². The summed E-state index contributed by atoms with van der Waals surface area (Å²) in [5.41, 5.74) is 0.567. The summed E-state index contributed by atoms with van der Waals surface area (Å²) < 4.78 is 24.5. The topological polar surface area (TPSA) is 54.5 Å². The second kappa shape index (κ2) is 6.20. The number of rotatable bonds is 3. The van der Waals surface area contributed by atoms with E-state index in [1.165, 1.54) is 0 Å². The molecule has 1 atom stereocenters. The van der Waals surface area contributed by atoms with Crippen molar-refractivity contribution in [2.24, 2.45) is 0 Å². The van der Waals surface area contributed by atoms with Crippen LogP contribution in [0.5, 0.6) is 0 Å². The van der Waals surface area contributed by atoms with E-state index in [-0.39, 0.29) is 23.5 Å². The van der Waals surface area contributed by atoms with Crippen LogP contribution in [0.4, 0.5) is 0 Å². The molecule has 1 heterocycles. The van der Waals surface area contributed by atoms with Gasteiger partial charge in [0.1, 0.15) is 0 Å². The zero-order valence-corrected chi connectivity index (χ0v) is 15.7. The fourth-order valence-electron chi connectivity index (χ4n) is 3.96. The van der Waals surface area contributed by atoms with Crippen molar-refractivity contribution in [3.63, 3.8) is 0 Å². The van der Waals surface area contributed by atoms with Gasteiger partial charge >= 0.3 is 0 Å². The Bertz CT molecular complexity index is 693. The van der Waals surface area contributed by atoms with Gasteiger partial charge in [-0.15, -0.1) is 0 Å². The van der Waals surface area contributed by atoms with Crippen LogP contribution in [-0.2, 0) is 20.0 Å². The minimum Gasteiger partial charge on any atom is -0.341 e. The SMILES string of the molecule is CN(C(=O)C1(c2ccc(Br)cc2)CCCC1)C1CCS(=O)(=O)C1. The van der Waals surface area contributed by atoms with Gasteiger partial charge in [-0.1, -0.05) is 40.9 Å². The monoisotopic (exact) mass is 399 g/mol. The molecule has 23 heavy (non-hydrogen) atoms. The van der Waals surface area contributed by atoms with Crippen molar-refractivity contribution in [3.05, 3.63) is 34.3 Å². The smallest absolute Gasteiger partial charge is 0.233 e. The van der Waals surface area contributed by atoms with Gasteiger partial charge in [-0.05, 0) is 37.0 Å². The summed E-state index contributed by atoms with van der Waals surface area (Å²) >= 11 is 3.44. The van der Waals surface area contributed by atoms with Gasteiger partial charge in [0, 0.05) is 17.6 Å². The van der Waals surface area contributed by atoms with E-state index < -0.39 is 15.3 Å². The highest BCUT2D eigenvalue weighted by molar-refractivity contribution is 9.10. The van der Waals surface area contributed by atoms with Gasteiger partial charge < -0.3 is 4.90 Å². The summed E-state index contributed by atoms with van der Waals surface area (Å²) in [6.45, 7) is 0. The third-order valence-electron chi connectivity index (χ3n) is 5.34. The van der Waals surface area contributed by atoms with Crippen molar-refractivity contribution < 1.29 is 13.2 Å². The zero-order chi connectivity index (χ0) is 16.7. The van der Waals surface area contributed by atoms with Gasteiger partial charge in [-0.2, -0.15) is 0 Å². The third kappa shape index (κ3) is 3.20. The lowest BCUT2D eigenvalue weighted by Crippen LogP contribution is -2.48. The number of nitrogens with zero attached hydrogens (tertiary/aromatic N) is 1. The summed E-state index contributed by atoms with van der Waals surface area (Å²) in [6, 6.07) is 7.81. The van der Waals surface area contributed by atoms with Gasteiger partial charge in [-0.3, -0.25) is 4.79 Å². The molecule has 0 bridgehead atoms. The van der Waals surface area contributed by atoms with Crippen LogP contribution >= 0.6 is 15.9 Å². The zero-order valence-electron chi connectivity index (χ0n) is 13.3. The molecular weight excluding hydrogens is 378 g/mol. The minimum absolute atomic E-state index is 0.0828. The number of sulfone groups is 1. The first-order valence-electron chi connectivity index (χ1n) is 8.08.